The Bertz CT molecular complexity index is 544. The molecule has 0 saturated heterocycles. The number of nitrogens with two attached hydrogens (primary N) is 1. The predicted octanol–water partition coefficient (Wildman–Crippen LogP) is 0.544. The molecular weight excluding hydrogens is 232 g/mol. The fourth-order valence-corrected chi connectivity index (χ4v) is 1.49. The average molecular weight is 246 g/mol. The highest BCUT2D eigenvalue weighted by molar-refractivity contribution is 5.93. The highest BCUT2D eigenvalue weighted by Crippen LogP contribution is 2.14. The zero-order chi connectivity index (χ0) is 12.8. The van der Waals surface area contributed by atoms with Crippen LogP contribution in [0.1, 0.15) is 0 Å². The molecule has 0 saturated carbocycles. The molecule has 0 aliphatic rings. The second kappa shape index (κ2) is 6.04. The first-order valence-corrected chi connectivity index (χ1v) is 5.58. The summed E-state index contributed by atoms with van der Waals surface area (Å²) in [4.78, 5) is 19.8. The minimum atomic E-state index is -0.216. The number of carbonyl (C=O) groups is 1. The number of ether oxygens (including phenoxy) is 1. The Balaban J connectivity index is 2.01. The van der Waals surface area contributed by atoms with Crippen LogP contribution < -0.4 is 11.1 Å². The van der Waals surface area contributed by atoms with Gasteiger partial charge in [0.15, 0.2) is 0 Å². The Morgan fingerprint density at radius 1 is 1.28 bits per heavy atom. The Morgan fingerprint density at radius 3 is 2.83 bits per heavy atom. The standard InChI is InChI=1S/C12H14N4O2/c13-3-6-18-8-12(17)16-9-1-2-10-11(7-9)15-5-4-14-10/h1-2,4-5,7H,3,6,8,13H2,(H,16,17). The number of nitrogens with one attached hydrogen (secondary N) is 1. The maximum Gasteiger partial charge on any atom is 0.250 e. The van der Waals surface area contributed by atoms with Crippen molar-refractivity contribution in [1.29, 1.82) is 0 Å². The summed E-state index contributed by atoms with van der Waals surface area (Å²) in [6, 6.07) is 5.35. The van der Waals surface area contributed by atoms with Crippen LogP contribution in [-0.2, 0) is 9.53 Å². The van der Waals surface area contributed by atoms with Crippen LogP contribution in [0.5, 0.6) is 0 Å². The molecular formula is C12H14N4O2. The molecule has 0 fully saturated rings. The second-order valence-electron chi connectivity index (χ2n) is 3.65. The molecule has 94 valence electrons. The topological polar surface area (TPSA) is 90.1 Å². The Morgan fingerprint density at radius 2 is 2.06 bits per heavy atom. The van der Waals surface area contributed by atoms with Gasteiger partial charge in [-0.2, -0.15) is 0 Å². The zero-order valence-corrected chi connectivity index (χ0v) is 9.80. The van der Waals surface area contributed by atoms with E-state index in [2.05, 4.69) is 15.3 Å². The summed E-state index contributed by atoms with van der Waals surface area (Å²) >= 11 is 0. The zero-order valence-electron chi connectivity index (χ0n) is 9.80. The first-order chi connectivity index (χ1) is 8.79. The van der Waals surface area contributed by atoms with Gasteiger partial charge in [-0.15, -0.1) is 0 Å². The van der Waals surface area contributed by atoms with E-state index in [-0.39, 0.29) is 12.5 Å². The smallest absolute Gasteiger partial charge is 0.250 e. The summed E-state index contributed by atoms with van der Waals surface area (Å²) < 4.78 is 5.04. The molecule has 0 unspecified atom stereocenters. The summed E-state index contributed by atoms with van der Waals surface area (Å²) in [6.45, 7) is 0.769. The van der Waals surface area contributed by atoms with Gasteiger partial charge in [0.2, 0.25) is 5.91 Å². The van der Waals surface area contributed by atoms with Gasteiger partial charge in [-0.1, -0.05) is 0 Å². The van der Waals surface area contributed by atoms with Crippen LogP contribution in [-0.4, -0.2) is 35.6 Å². The van der Waals surface area contributed by atoms with Crippen molar-refractivity contribution in [3.63, 3.8) is 0 Å². The fourth-order valence-electron chi connectivity index (χ4n) is 1.49. The quantitative estimate of drug-likeness (QED) is 0.752. The Kier molecular flexibility index (Phi) is 4.16. The largest absolute Gasteiger partial charge is 0.370 e. The normalized spacial score (nSPS) is 10.5. The van der Waals surface area contributed by atoms with E-state index in [0.29, 0.717) is 18.8 Å². The van der Waals surface area contributed by atoms with E-state index in [9.17, 15) is 4.79 Å². The molecule has 1 aromatic carbocycles. The molecule has 6 heteroatoms. The lowest BCUT2D eigenvalue weighted by atomic mass is 10.2. The van der Waals surface area contributed by atoms with Crippen LogP contribution in [0.4, 0.5) is 5.69 Å². The van der Waals surface area contributed by atoms with E-state index < -0.39 is 0 Å². The van der Waals surface area contributed by atoms with Crippen molar-refractivity contribution in [3.8, 4) is 0 Å². The molecule has 0 radical (unpaired) electrons. The molecule has 1 heterocycles. The van der Waals surface area contributed by atoms with Crippen molar-refractivity contribution in [2.75, 3.05) is 25.1 Å². The lowest BCUT2D eigenvalue weighted by Crippen LogP contribution is -2.20. The molecule has 0 spiro atoms. The predicted molar refractivity (Wildman–Crippen MR) is 68.0 cm³/mol. The number of anilines is 1. The molecule has 0 bridgehead atoms. The summed E-state index contributed by atoms with van der Waals surface area (Å²) in [5, 5.41) is 2.72. The van der Waals surface area contributed by atoms with Gasteiger partial charge in [0.25, 0.3) is 0 Å². The first kappa shape index (κ1) is 12.4. The maximum atomic E-state index is 11.5. The second-order valence-corrected chi connectivity index (χ2v) is 3.65. The molecule has 1 aromatic heterocycles. The number of benzene rings is 1. The molecule has 6 nitrogen and oxygen atoms in total. The molecule has 0 atom stereocenters. The minimum Gasteiger partial charge on any atom is -0.370 e. The van der Waals surface area contributed by atoms with Gasteiger partial charge in [0.1, 0.15) is 6.61 Å². The van der Waals surface area contributed by atoms with E-state index in [1.54, 1.807) is 30.6 Å². The SMILES string of the molecule is NCCOCC(=O)Nc1ccc2nccnc2c1. The lowest BCUT2D eigenvalue weighted by molar-refractivity contribution is -0.120. The van der Waals surface area contributed by atoms with Gasteiger partial charge in [-0.3, -0.25) is 14.8 Å². The number of hydrogen-bond donors (Lipinski definition) is 2. The average Bonchev–Trinajstić information content (AvgIpc) is 2.39. The number of aromatic nitrogens is 2. The number of amides is 1. The van der Waals surface area contributed by atoms with Crippen LogP contribution in [0.25, 0.3) is 11.0 Å². The molecule has 2 rings (SSSR count). The highest BCUT2D eigenvalue weighted by Gasteiger charge is 2.03. The third-order valence-corrected chi connectivity index (χ3v) is 2.25. The van der Waals surface area contributed by atoms with Crippen LogP contribution in [0.15, 0.2) is 30.6 Å². The first-order valence-electron chi connectivity index (χ1n) is 5.58. The molecule has 18 heavy (non-hydrogen) atoms. The summed E-state index contributed by atoms with van der Waals surface area (Å²) in [5.41, 5.74) is 7.45. The van der Waals surface area contributed by atoms with Gasteiger partial charge < -0.3 is 15.8 Å². The van der Waals surface area contributed by atoms with Crippen molar-refractivity contribution in [2.24, 2.45) is 5.73 Å². The number of nitrogens with zero attached hydrogens (tertiary/aromatic N) is 2. The van der Waals surface area contributed by atoms with Crippen molar-refractivity contribution >= 4 is 22.6 Å². The molecule has 2 aromatic rings. The Hall–Kier alpha value is -2.05. The summed E-state index contributed by atoms with van der Waals surface area (Å²) in [5.74, 6) is -0.216. The van der Waals surface area contributed by atoms with Crippen molar-refractivity contribution in [3.05, 3.63) is 30.6 Å². The van der Waals surface area contributed by atoms with Gasteiger partial charge in [-0.25, -0.2) is 0 Å². The van der Waals surface area contributed by atoms with E-state index in [4.69, 9.17) is 10.5 Å². The minimum absolute atomic E-state index is 0.00426. The number of carbonyl (C=O) groups excluding carboxylic acids is 1. The van der Waals surface area contributed by atoms with Gasteiger partial charge >= 0.3 is 0 Å². The lowest BCUT2D eigenvalue weighted by Gasteiger charge is -2.06. The third-order valence-electron chi connectivity index (χ3n) is 2.25. The van der Waals surface area contributed by atoms with E-state index >= 15 is 0 Å². The van der Waals surface area contributed by atoms with Gasteiger partial charge in [0.05, 0.1) is 17.6 Å². The van der Waals surface area contributed by atoms with Crippen LogP contribution in [0.3, 0.4) is 0 Å². The molecule has 3 N–H and O–H groups in total. The van der Waals surface area contributed by atoms with Gasteiger partial charge in [-0.05, 0) is 18.2 Å². The van der Waals surface area contributed by atoms with E-state index in [0.717, 1.165) is 11.0 Å². The monoisotopic (exact) mass is 246 g/mol. The molecule has 0 aliphatic heterocycles. The van der Waals surface area contributed by atoms with E-state index in [1.807, 2.05) is 0 Å². The molecule has 1 amide bonds. The van der Waals surface area contributed by atoms with E-state index in [1.165, 1.54) is 0 Å². The highest BCUT2D eigenvalue weighted by atomic mass is 16.5. The Labute approximate surface area is 104 Å². The van der Waals surface area contributed by atoms with Crippen molar-refractivity contribution < 1.29 is 9.53 Å². The molecule has 0 aliphatic carbocycles. The fraction of sp³-hybridized carbons (Fsp3) is 0.250. The van der Waals surface area contributed by atoms with Crippen LogP contribution in [0, 0.1) is 0 Å². The summed E-state index contributed by atoms with van der Waals surface area (Å²) in [7, 11) is 0. The number of rotatable bonds is 5. The third kappa shape index (κ3) is 3.22. The van der Waals surface area contributed by atoms with Crippen molar-refractivity contribution in [1.82, 2.24) is 9.97 Å². The van der Waals surface area contributed by atoms with Gasteiger partial charge in [0, 0.05) is 24.6 Å². The number of fused-ring (bicyclic) bond motifs is 1. The van der Waals surface area contributed by atoms with Crippen molar-refractivity contribution in [2.45, 2.75) is 0 Å². The van der Waals surface area contributed by atoms with Crippen LogP contribution >= 0.6 is 0 Å². The maximum absolute atomic E-state index is 11.5. The van der Waals surface area contributed by atoms with Crippen LogP contribution in [0.2, 0.25) is 0 Å². The number of hydrogen-bond acceptors (Lipinski definition) is 5. The summed E-state index contributed by atoms with van der Waals surface area (Å²) in [6.07, 6.45) is 3.24.